The van der Waals surface area contributed by atoms with Crippen LogP contribution in [0.4, 0.5) is 0 Å². The van der Waals surface area contributed by atoms with Gasteiger partial charge in [0.05, 0.1) is 10.2 Å². The molecule has 0 saturated carbocycles. The number of hydrogen-bond donors (Lipinski definition) is 1. The summed E-state index contributed by atoms with van der Waals surface area (Å²) in [5.41, 5.74) is 0.604. The van der Waals surface area contributed by atoms with Gasteiger partial charge in [-0.2, -0.15) is 8.42 Å². The van der Waals surface area contributed by atoms with E-state index in [1.165, 1.54) is 53.5 Å². The zero-order valence-electron chi connectivity index (χ0n) is 15.0. The fourth-order valence-electron chi connectivity index (χ4n) is 2.77. The Kier molecular flexibility index (Phi) is 5.34. The van der Waals surface area contributed by atoms with Crippen LogP contribution in [0, 0.1) is 10.1 Å². The van der Waals surface area contributed by atoms with Crippen molar-refractivity contribution in [1.29, 1.82) is 0 Å². The molecular weight excluding hydrogens is 454 g/mol. The van der Waals surface area contributed by atoms with Crippen molar-refractivity contribution >= 4 is 54.4 Å². The largest absolute Gasteiger partial charge is 0.480 e. The summed E-state index contributed by atoms with van der Waals surface area (Å²) in [4.78, 5) is 29.8. The third-order valence-electron chi connectivity index (χ3n) is 4.29. The minimum atomic E-state index is -4.14. The van der Waals surface area contributed by atoms with Gasteiger partial charge in [-0.3, -0.25) is 15.1 Å². The van der Waals surface area contributed by atoms with E-state index in [0.717, 1.165) is 0 Å². The normalized spacial score (nSPS) is 21.3. The van der Waals surface area contributed by atoms with Gasteiger partial charge in [-0.25, -0.2) is 9.78 Å². The van der Waals surface area contributed by atoms with Crippen LogP contribution in [0.3, 0.4) is 0 Å². The first-order chi connectivity index (χ1) is 14.2. The molecule has 1 aromatic carbocycles. The molecule has 1 aliphatic heterocycles. The molecular formula is C17H13N3O7S3. The molecule has 2 aliphatic rings. The average molecular weight is 468 g/mol. The molecule has 1 aliphatic carbocycles. The van der Waals surface area contributed by atoms with Gasteiger partial charge in [0.1, 0.15) is 20.7 Å². The first-order valence-electron chi connectivity index (χ1n) is 8.53. The number of carboxylic acids is 1. The minimum absolute atomic E-state index is 0.0320. The van der Waals surface area contributed by atoms with Gasteiger partial charge in [0.25, 0.3) is 0 Å². The number of carboxylic acid groups (broad SMARTS) is 1. The van der Waals surface area contributed by atoms with Gasteiger partial charge >= 0.3 is 16.1 Å². The number of aromatic nitrogens is 1. The van der Waals surface area contributed by atoms with Crippen LogP contribution in [0.15, 0.2) is 46.3 Å². The van der Waals surface area contributed by atoms with E-state index in [0.29, 0.717) is 26.0 Å². The van der Waals surface area contributed by atoms with Crippen LogP contribution >= 0.6 is 23.1 Å². The minimum Gasteiger partial charge on any atom is -0.480 e. The molecule has 1 unspecified atom stereocenters. The lowest BCUT2D eigenvalue weighted by molar-refractivity contribution is -0.508. The first kappa shape index (κ1) is 20.5. The second-order valence-electron chi connectivity index (χ2n) is 6.34. The molecule has 30 heavy (non-hydrogen) atoms. The highest BCUT2D eigenvalue weighted by Gasteiger charge is 2.28. The Balaban J connectivity index is 1.55. The number of benzene rings is 1. The molecule has 0 fully saturated rings. The van der Waals surface area contributed by atoms with Crippen molar-refractivity contribution in [1.82, 2.24) is 4.98 Å². The van der Waals surface area contributed by atoms with Crippen molar-refractivity contribution in [2.45, 2.75) is 18.5 Å². The van der Waals surface area contributed by atoms with Crippen molar-refractivity contribution in [3.05, 3.63) is 56.5 Å². The van der Waals surface area contributed by atoms with Crippen LogP contribution in [-0.4, -0.2) is 52.3 Å². The lowest BCUT2D eigenvalue weighted by Crippen LogP contribution is -2.20. The van der Waals surface area contributed by atoms with Gasteiger partial charge in [-0.15, -0.1) is 23.1 Å². The Labute approximate surface area is 178 Å². The molecule has 2 aromatic rings. The molecule has 2 heterocycles. The van der Waals surface area contributed by atoms with E-state index < -0.39 is 33.1 Å². The Morgan fingerprint density at radius 3 is 2.80 bits per heavy atom. The summed E-state index contributed by atoms with van der Waals surface area (Å²) in [6, 6.07) is 2.83. The van der Waals surface area contributed by atoms with Gasteiger partial charge in [0, 0.05) is 23.2 Å². The number of aliphatic carboxylic acids is 1. The van der Waals surface area contributed by atoms with Gasteiger partial charge in [-0.05, 0) is 24.3 Å². The number of fused-ring (bicyclic) bond motifs is 1. The maximum absolute atomic E-state index is 12.5. The van der Waals surface area contributed by atoms with Crippen LogP contribution in [0.2, 0.25) is 0 Å². The van der Waals surface area contributed by atoms with Gasteiger partial charge in [0.15, 0.2) is 6.04 Å². The number of nitro groups is 1. The van der Waals surface area contributed by atoms with Gasteiger partial charge < -0.3 is 9.29 Å². The number of carbonyl (C=O) groups is 1. The molecule has 13 heteroatoms. The number of hydrogen-bond acceptors (Lipinski definition) is 10. The first-order valence-corrected chi connectivity index (χ1v) is 11.7. The summed E-state index contributed by atoms with van der Waals surface area (Å²) >= 11 is 2.56. The highest BCUT2D eigenvalue weighted by Crippen LogP contribution is 2.32. The molecule has 2 atom stereocenters. The van der Waals surface area contributed by atoms with Crippen molar-refractivity contribution in [3.8, 4) is 5.75 Å². The van der Waals surface area contributed by atoms with E-state index in [1.54, 1.807) is 6.07 Å². The number of aliphatic imine (C=N–C) groups is 1. The highest BCUT2D eigenvalue weighted by molar-refractivity contribution is 8.15. The quantitative estimate of drug-likeness (QED) is 0.384. The van der Waals surface area contributed by atoms with Crippen LogP contribution in [0.25, 0.3) is 10.2 Å². The Morgan fingerprint density at radius 1 is 1.37 bits per heavy atom. The fraction of sp³-hybridized carbons (Fsp3) is 0.235. The zero-order valence-corrected chi connectivity index (χ0v) is 17.4. The smallest absolute Gasteiger partial charge is 0.338 e. The van der Waals surface area contributed by atoms with E-state index in [9.17, 15) is 23.3 Å². The number of rotatable bonds is 6. The molecule has 1 N–H and O–H groups in total. The molecule has 0 amide bonds. The van der Waals surface area contributed by atoms with Crippen LogP contribution < -0.4 is 4.18 Å². The Hall–Kier alpha value is -2.77. The second kappa shape index (κ2) is 7.81. The fourth-order valence-corrected chi connectivity index (χ4v) is 5.86. The lowest BCUT2D eigenvalue weighted by Gasteiger charge is -2.11. The van der Waals surface area contributed by atoms with Gasteiger partial charge in [0.2, 0.25) is 6.04 Å². The number of allylic oxidation sites excluding steroid dienone is 1. The number of thioether (sulfide) groups is 1. The number of nitrogens with zero attached hydrogens (tertiary/aromatic N) is 3. The third kappa shape index (κ3) is 4.08. The maximum Gasteiger partial charge on any atom is 0.338 e. The second-order valence-corrected chi connectivity index (χ2v) is 9.92. The highest BCUT2D eigenvalue weighted by atomic mass is 32.2. The summed E-state index contributed by atoms with van der Waals surface area (Å²) < 4.78 is 30.8. The standard InChI is InChI=1S/C17H13N3O7S3/c21-17(22)13-8-28-15(19-13)16-18-12-6-3-10(7-14(12)29-16)27-30(25,26)11-4-1-9(2-5-11)20(23)24/h1,3-7,9,13H,2,8H2,(H,21,22)/t9?,13-/m1/s1. The summed E-state index contributed by atoms with van der Waals surface area (Å²) in [6.45, 7) is 0. The molecule has 10 nitrogen and oxygen atoms in total. The van der Waals surface area contributed by atoms with E-state index in [4.69, 9.17) is 9.29 Å². The average Bonchev–Trinajstić information content (AvgIpc) is 3.34. The van der Waals surface area contributed by atoms with Gasteiger partial charge in [-0.1, -0.05) is 6.08 Å². The predicted octanol–water partition coefficient (Wildman–Crippen LogP) is 2.44. The topological polar surface area (TPSA) is 149 Å². The summed E-state index contributed by atoms with van der Waals surface area (Å²) in [5, 5.41) is 20.9. The van der Waals surface area contributed by atoms with Crippen molar-refractivity contribution in [3.63, 3.8) is 0 Å². The van der Waals surface area contributed by atoms with E-state index >= 15 is 0 Å². The van der Waals surface area contributed by atoms with Crippen molar-refractivity contribution in [2.24, 2.45) is 4.99 Å². The number of thiazole rings is 1. The van der Waals surface area contributed by atoms with Crippen molar-refractivity contribution < 1.29 is 27.4 Å². The molecule has 0 bridgehead atoms. The predicted molar refractivity (Wildman–Crippen MR) is 112 cm³/mol. The lowest BCUT2D eigenvalue weighted by atomic mass is 10.1. The van der Waals surface area contributed by atoms with Crippen LogP contribution in [-0.2, 0) is 14.9 Å². The van der Waals surface area contributed by atoms with E-state index in [-0.39, 0.29) is 17.1 Å². The van der Waals surface area contributed by atoms with Crippen LogP contribution in [0.5, 0.6) is 5.75 Å². The molecule has 0 saturated heterocycles. The summed E-state index contributed by atoms with van der Waals surface area (Å²) in [6.07, 6.45) is 3.62. The SMILES string of the molecule is O=C(O)[C@H]1CSC(c2nc3ccc(OS(=O)(=O)C4=CCC([N+](=O)[O-])C=C4)cc3s2)=N1. The summed E-state index contributed by atoms with van der Waals surface area (Å²) in [5.74, 6) is -0.574. The molecule has 0 spiro atoms. The summed E-state index contributed by atoms with van der Waals surface area (Å²) in [7, 11) is -4.14. The zero-order chi connectivity index (χ0) is 21.5. The van der Waals surface area contributed by atoms with E-state index in [1.807, 2.05) is 0 Å². The Bertz CT molecular complexity index is 1250. The molecule has 0 radical (unpaired) electrons. The van der Waals surface area contributed by atoms with E-state index in [2.05, 4.69) is 9.98 Å². The van der Waals surface area contributed by atoms with Crippen molar-refractivity contribution in [2.75, 3.05) is 5.75 Å². The molecule has 1 aromatic heterocycles. The molecule has 156 valence electrons. The maximum atomic E-state index is 12.5. The molecule has 4 rings (SSSR count). The third-order valence-corrected chi connectivity index (χ3v) is 7.79. The Morgan fingerprint density at radius 2 is 2.17 bits per heavy atom. The monoisotopic (exact) mass is 467 g/mol. The van der Waals surface area contributed by atoms with Crippen LogP contribution in [0.1, 0.15) is 11.4 Å².